The summed E-state index contributed by atoms with van der Waals surface area (Å²) in [7, 11) is 0. The summed E-state index contributed by atoms with van der Waals surface area (Å²) >= 11 is 0. The highest BCUT2D eigenvalue weighted by molar-refractivity contribution is 5.73. The molecule has 0 aromatic heterocycles. The van der Waals surface area contributed by atoms with E-state index in [0.717, 1.165) is 0 Å². The maximum atomic E-state index is 11.1. The molecule has 0 unspecified atom stereocenters. The van der Waals surface area contributed by atoms with Gasteiger partial charge in [-0.05, 0) is 0 Å². The van der Waals surface area contributed by atoms with Crippen LogP contribution in [0, 0.1) is 0 Å². The van der Waals surface area contributed by atoms with E-state index in [-0.39, 0.29) is 6.42 Å². The number of hydrogen-bond donors (Lipinski definition) is 5. The first-order valence-electron chi connectivity index (χ1n) is 5.61. The molecule has 1 heterocycles. The molecule has 1 fully saturated rings. The summed E-state index contributed by atoms with van der Waals surface area (Å²) < 4.78 is 5.17. The third-order valence-electron chi connectivity index (χ3n) is 2.89. The minimum Gasteiger partial charge on any atom is -0.394 e. The molecule has 0 spiro atoms. The zero-order chi connectivity index (χ0) is 13.9. The van der Waals surface area contributed by atoms with E-state index in [1.807, 2.05) is 0 Å². The summed E-state index contributed by atoms with van der Waals surface area (Å²) in [5.74, 6) is -2.40. The van der Waals surface area contributed by atoms with Crippen LogP contribution in [0.4, 0.5) is 0 Å². The number of aliphatic hydroxyl groups excluding tert-OH is 3. The van der Waals surface area contributed by atoms with Gasteiger partial charge in [0.05, 0.1) is 6.61 Å². The first-order chi connectivity index (χ1) is 8.35. The predicted molar refractivity (Wildman–Crippen MR) is 61.3 cm³/mol. The molecule has 0 aromatic carbocycles. The molecule has 1 rings (SSSR count). The van der Waals surface area contributed by atoms with Crippen molar-refractivity contribution in [2.24, 2.45) is 0 Å². The summed E-state index contributed by atoms with van der Waals surface area (Å²) in [6, 6.07) is -1.20. The van der Waals surface area contributed by atoms with Gasteiger partial charge in [-0.3, -0.25) is 4.79 Å². The summed E-state index contributed by atoms with van der Waals surface area (Å²) in [5.41, 5.74) is 0. The lowest BCUT2D eigenvalue weighted by Crippen LogP contribution is -2.70. The Morgan fingerprint density at radius 1 is 1.50 bits per heavy atom. The lowest BCUT2D eigenvalue weighted by molar-refractivity contribution is -0.316. The van der Waals surface area contributed by atoms with E-state index in [1.165, 1.54) is 13.0 Å². The number of ether oxygens (including phenoxy) is 1. The molecule has 1 saturated heterocycles. The fraction of sp³-hybridized carbons (Fsp3) is 0.727. The van der Waals surface area contributed by atoms with Crippen molar-refractivity contribution < 1.29 is 30.0 Å². The lowest BCUT2D eigenvalue weighted by atomic mass is 9.88. The first-order valence-corrected chi connectivity index (χ1v) is 5.61. The van der Waals surface area contributed by atoms with Gasteiger partial charge in [-0.25, -0.2) is 0 Å². The molecular formula is C11H19NO6. The summed E-state index contributed by atoms with van der Waals surface area (Å²) in [5, 5.41) is 41.2. The molecule has 1 aliphatic rings. The van der Waals surface area contributed by atoms with Gasteiger partial charge in [0.2, 0.25) is 5.91 Å². The van der Waals surface area contributed by atoms with Crippen molar-refractivity contribution >= 4 is 5.91 Å². The molecule has 0 aromatic rings. The zero-order valence-electron chi connectivity index (χ0n) is 10.1. The largest absolute Gasteiger partial charge is 0.394 e. The Bertz CT molecular complexity index is 323. The van der Waals surface area contributed by atoms with Gasteiger partial charge in [0.15, 0.2) is 5.79 Å². The molecule has 7 nitrogen and oxygen atoms in total. The molecule has 18 heavy (non-hydrogen) atoms. The van der Waals surface area contributed by atoms with Crippen molar-refractivity contribution in [2.75, 3.05) is 6.61 Å². The number of nitrogens with one attached hydrogen (secondary N) is 1. The number of amides is 1. The van der Waals surface area contributed by atoms with Crippen LogP contribution in [0.15, 0.2) is 12.7 Å². The van der Waals surface area contributed by atoms with Crippen molar-refractivity contribution in [3.63, 3.8) is 0 Å². The van der Waals surface area contributed by atoms with Crippen LogP contribution in [0.5, 0.6) is 0 Å². The number of aliphatic hydroxyl groups is 4. The highest BCUT2D eigenvalue weighted by Crippen LogP contribution is 2.30. The second kappa shape index (κ2) is 5.77. The van der Waals surface area contributed by atoms with Crippen LogP contribution >= 0.6 is 0 Å². The quantitative estimate of drug-likeness (QED) is 0.369. The molecule has 0 aliphatic carbocycles. The van der Waals surface area contributed by atoms with E-state index in [4.69, 9.17) is 9.84 Å². The number of carbonyl (C=O) groups is 1. The van der Waals surface area contributed by atoms with E-state index in [9.17, 15) is 20.1 Å². The topological polar surface area (TPSA) is 119 Å². The Morgan fingerprint density at radius 2 is 2.11 bits per heavy atom. The van der Waals surface area contributed by atoms with Crippen molar-refractivity contribution in [2.45, 2.75) is 43.5 Å². The van der Waals surface area contributed by atoms with Gasteiger partial charge >= 0.3 is 0 Å². The van der Waals surface area contributed by atoms with Crippen LogP contribution in [0.2, 0.25) is 0 Å². The number of rotatable bonds is 4. The monoisotopic (exact) mass is 261 g/mol. The molecule has 7 heteroatoms. The average Bonchev–Trinajstić information content (AvgIpc) is 2.30. The molecule has 5 atom stereocenters. The molecule has 104 valence electrons. The van der Waals surface area contributed by atoms with Gasteiger partial charge in [-0.15, -0.1) is 6.58 Å². The minimum atomic E-state index is -1.92. The molecule has 0 radical (unpaired) electrons. The third kappa shape index (κ3) is 2.88. The molecule has 5 N–H and O–H groups in total. The van der Waals surface area contributed by atoms with Crippen LogP contribution in [-0.4, -0.2) is 63.1 Å². The van der Waals surface area contributed by atoms with Crippen molar-refractivity contribution in [3.8, 4) is 0 Å². The minimum absolute atomic E-state index is 0.0712. The molecule has 0 saturated carbocycles. The Kier molecular flexibility index (Phi) is 4.83. The van der Waals surface area contributed by atoms with Gasteiger partial charge in [-0.2, -0.15) is 0 Å². The Hall–Kier alpha value is -0.990. The first kappa shape index (κ1) is 15.1. The van der Waals surface area contributed by atoms with E-state index >= 15 is 0 Å². The zero-order valence-corrected chi connectivity index (χ0v) is 10.1. The second-order valence-electron chi connectivity index (χ2n) is 4.34. The standard InChI is InChI=1S/C11H19NO6/c1-3-4-11(17)10(12-6(2)14)9(16)8(15)7(5-13)18-11/h3,7-10,13,15-17H,1,4-5H2,2H3,(H,12,14)/t7-,8-,9+,10-,11+/m1/s1. The maximum Gasteiger partial charge on any atom is 0.217 e. The van der Waals surface area contributed by atoms with Crippen LogP contribution < -0.4 is 5.32 Å². The molecule has 1 aliphatic heterocycles. The lowest BCUT2D eigenvalue weighted by Gasteiger charge is -2.47. The fourth-order valence-corrected chi connectivity index (χ4v) is 2.03. The van der Waals surface area contributed by atoms with Gasteiger partial charge < -0.3 is 30.5 Å². The van der Waals surface area contributed by atoms with Crippen LogP contribution in [0.3, 0.4) is 0 Å². The highest BCUT2D eigenvalue weighted by atomic mass is 16.6. The van der Waals surface area contributed by atoms with Crippen LogP contribution in [-0.2, 0) is 9.53 Å². The van der Waals surface area contributed by atoms with E-state index in [1.54, 1.807) is 0 Å². The fourth-order valence-electron chi connectivity index (χ4n) is 2.03. The highest BCUT2D eigenvalue weighted by Gasteiger charge is 2.52. The number of hydrogen-bond acceptors (Lipinski definition) is 6. The molecule has 0 bridgehead atoms. The van der Waals surface area contributed by atoms with Crippen molar-refractivity contribution in [1.82, 2.24) is 5.32 Å². The van der Waals surface area contributed by atoms with Crippen LogP contribution in [0.25, 0.3) is 0 Å². The third-order valence-corrected chi connectivity index (χ3v) is 2.89. The summed E-state index contributed by atoms with van der Waals surface area (Å²) in [6.07, 6.45) is -2.71. The summed E-state index contributed by atoms with van der Waals surface area (Å²) in [4.78, 5) is 11.1. The summed E-state index contributed by atoms with van der Waals surface area (Å²) in [6.45, 7) is 4.10. The van der Waals surface area contributed by atoms with Gasteiger partial charge in [-0.1, -0.05) is 6.08 Å². The van der Waals surface area contributed by atoms with Gasteiger partial charge in [0, 0.05) is 13.3 Å². The predicted octanol–water partition coefficient (Wildman–Crippen LogP) is -2.13. The molecular weight excluding hydrogens is 242 g/mol. The number of carbonyl (C=O) groups excluding carboxylic acids is 1. The van der Waals surface area contributed by atoms with Gasteiger partial charge in [0.25, 0.3) is 0 Å². The van der Waals surface area contributed by atoms with E-state index < -0.39 is 42.7 Å². The average molecular weight is 261 g/mol. The van der Waals surface area contributed by atoms with Crippen molar-refractivity contribution in [3.05, 3.63) is 12.7 Å². The maximum absolute atomic E-state index is 11.1. The Balaban J connectivity index is 3.00. The smallest absolute Gasteiger partial charge is 0.217 e. The van der Waals surface area contributed by atoms with Gasteiger partial charge in [0.1, 0.15) is 24.4 Å². The van der Waals surface area contributed by atoms with Crippen LogP contribution in [0.1, 0.15) is 13.3 Å². The normalized spacial score (nSPS) is 40.3. The second-order valence-corrected chi connectivity index (χ2v) is 4.34. The molecule has 1 amide bonds. The van der Waals surface area contributed by atoms with E-state index in [0.29, 0.717) is 0 Å². The van der Waals surface area contributed by atoms with E-state index in [2.05, 4.69) is 11.9 Å². The SMILES string of the molecule is C=CC[C@]1(O)O[C@H](CO)[C@@H](O)[C@H](O)[C@H]1NC(C)=O. The Morgan fingerprint density at radius 3 is 2.56 bits per heavy atom. The van der Waals surface area contributed by atoms with Crippen molar-refractivity contribution in [1.29, 1.82) is 0 Å². The Labute approximate surface area is 105 Å².